The van der Waals surface area contributed by atoms with Crippen LogP contribution in [-0.4, -0.2) is 58.8 Å². The molecule has 2 amide bonds. The van der Waals surface area contributed by atoms with E-state index in [2.05, 4.69) is 10.4 Å². The SMILES string of the molecule is Cc1c(F)cc(C(=O)NC2CC2)cc1-c1ccc2c(cnn2CC(=O)N2CCOCC2)c1. The average Bonchev–Trinajstić information content (AvgIpc) is 3.54. The number of hydrogen-bond donors (Lipinski definition) is 1. The van der Waals surface area contributed by atoms with Gasteiger partial charge in [0.15, 0.2) is 0 Å². The van der Waals surface area contributed by atoms with Crippen LogP contribution >= 0.6 is 0 Å². The number of aromatic nitrogens is 2. The number of ether oxygens (including phenoxy) is 1. The molecule has 1 saturated heterocycles. The van der Waals surface area contributed by atoms with Gasteiger partial charge in [0, 0.05) is 30.1 Å². The summed E-state index contributed by atoms with van der Waals surface area (Å²) in [6.45, 7) is 4.18. The zero-order chi connectivity index (χ0) is 22.2. The Kier molecular flexibility index (Phi) is 5.38. The van der Waals surface area contributed by atoms with E-state index in [0.717, 1.165) is 29.3 Å². The minimum absolute atomic E-state index is 0.00895. The van der Waals surface area contributed by atoms with E-state index in [1.54, 1.807) is 28.8 Å². The Morgan fingerprint density at radius 3 is 2.72 bits per heavy atom. The molecule has 5 rings (SSSR count). The first-order chi connectivity index (χ1) is 15.5. The molecule has 2 heterocycles. The highest BCUT2D eigenvalue weighted by molar-refractivity contribution is 5.96. The molecular weight excluding hydrogens is 411 g/mol. The maximum Gasteiger partial charge on any atom is 0.251 e. The molecule has 0 spiro atoms. The van der Waals surface area contributed by atoms with E-state index in [0.29, 0.717) is 43.0 Å². The Morgan fingerprint density at radius 1 is 1.19 bits per heavy atom. The van der Waals surface area contributed by atoms with Gasteiger partial charge >= 0.3 is 0 Å². The van der Waals surface area contributed by atoms with Crippen LogP contribution in [0, 0.1) is 12.7 Å². The number of hydrogen-bond acceptors (Lipinski definition) is 4. The fourth-order valence-corrected chi connectivity index (χ4v) is 4.03. The number of amides is 2. The third kappa shape index (κ3) is 4.10. The van der Waals surface area contributed by atoms with Gasteiger partial charge in [-0.05, 0) is 60.7 Å². The van der Waals surface area contributed by atoms with Crippen molar-refractivity contribution in [3.63, 3.8) is 0 Å². The Morgan fingerprint density at radius 2 is 1.97 bits per heavy atom. The molecule has 8 heteroatoms. The van der Waals surface area contributed by atoms with Crippen LogP contribution in [0.1, 0.15) is 28.8 Å². The van der Waals surface area contributed by atoms with Crippen molar-refractivity contribution >= 4 is 22.7 Å². The van der Waals surface area contributed by atoms with Gasteiger partial charge in [0.25, 0.3) is 5.91 Å². The molecule has 1 N–H and O–H groups in total. The van der Waals surface area contributed by atoms with Crippen molar-refractivity contribution in [3.05, 3.63) is 53.5 Å². The molecule has 0 bridgehead atoms. The van der Waals surface area contributed by atoms with E-state index < -0.39 is 5.82 Å². The van der Waals surface area contributed by atoms with Crippen molar-refractivity contribution in [2.24, 2.45) is 0 Å². The molecule has 32 heavy (non-hydrogen) atoms. The molecule has 0 unspecified atom stereocenters. The van der Waals surface area contributed by atoms with Crippen LogP contribution in [0.25, 0.3) is 22.0 Å². The summed E-state index contributed by atoms with van der Waals surface area (Å²) < 4.78 is 21.6. The van der Waals surface area contributed by atoms with Crippen molar-refractivity contribution in [1.29, 1.82) is 0 Å². The molecule has 0 atom stereocenters. The van der Waals surface area contributed by atoms with E-state index in [9.17, 15) is 14.0 Å². The molecule has 1 aliphatic carbocycles. The van der Waals surface area contributed by atoms with Gasteiger partial charge in [-0.25, -0.2) is 4.39 Å². The normalized spacial score (nSPS) is 16.4. The molecule has 2 aromatic carbocycles. The van der Waals surface area contributed by atoms with Gasteiger partial charge in [0.05, 0.1) is 24.9 Å². The molecule has 2 aliphatic rings. The summed E-state index contributed by atoms with van der Waals surface area (Å²) in [7, 11) is 0. The summed E-state index contributed by atoms with van der Waals surface area (Å²) in [4.78, 5) is 26.8. The fourth-order valence-electron chi connectivity index (χ4n) is 4.03. The van der Waals surface area contributed by atoms with Crippen molar-refractivity contribution in [2.75, 3.05) is 26.3 Å². The van der Waals surface area contributed by atoms with Crippen LogP contribution < -0.4 is 5.32 Å². The van der Waals surface area contributed by atoms with Crippen LogP contribution in [0.5, 0.6) is 0 Å². The first-order valence-corrected chi connectivity index (χ1v) is 10.9. The quantitative estimate of drug-likeness (QED) is 0.667. The van der Waals surface area contributed by atoms with Crippen LogP contribution in [0.2, 0.25) is 0 Å². The summed E-state index contributed by atoms with van der Waals surface area (Å²) >= 11 is 0. The molecule has 166 valence electrons. The monoisotopic (exact) mass is 436 g/mol. The number of nitrogens with zero attached hydrogens (tertiary/aromatic N) is 3. The Balaban J connectivity index is 1.42. The Labute approximate surface area is 185 Å². The molecule has 1 saturated carbocycles. The van der Waals surface area contributed by atoms with E-state index in [1.165, 1.54) is 6.07 Å². The topological polar surface area (TPSA) is 76.5 Å². The van der Waals surface area contributed by atoms with Gasteiger partial charge in [0.1, 0.15) is 12.4 Å². The van der Waals surface area contributed by atoms with Gasteiger partial charge in [-0.1, -0.05) is 6.07 Å². The maximum absolute atomic E-state index is 14.6. The zero-order valence-electron chi connectivity index (χ0n) is 17.9. The van der Waals surface area contributed by atoms with E-state index >= 15 is 0 Å². The highest BCUT2D eigenvalue weighted by Crippen LogP contribution is 2.30. The maximum atomic E-state index is 14.6. The third-order valence-corrected chi connectivity index (χ3v) is 6.12. The standard InChI is InChI=1S/C24H25FN4O3/c1-15-20(11-17(12-21(15)25)24(31)27-19-3-4-19)16-2-5-22-18(10-16)13-26-29(22)14-23(30)28-6-8-32-9-7-28/h2,5,10-13,19H,3-4,6-9,14H2,1H3,(H,27,31). The first-order valence-electron chi connectivity index (χ1n) is 10.9. The second-order valence-electron chi connectivity index (χ2n) is 8.45. The number of halogens is 1. The van der Waals surface area contributed by atoms with E-state index in [4.69, 9.17) is 4.74 Å². The summed E-state index contributed by atoms with van der Waals surface area (Å²) in [6.07, 6.45) is 3.66. The van der Waals surface area contributed by atoms with E-state index in [1.807, 2.05) is 18.2 Å². The molecule has 7 nitrogen and oxygen atoms in total. The summed E-state index contributed by atoms with van der Waals surface area (Å²) in [5.74, 6) is -0.645. The summed E-state index contributed by atoms with van der Waals surface area (Å²) in [5, 5.41) is 8.15. The number of rotatable bonds is 5. The zero-order valence-corrected chi connectivity index (χ0v) is 17.9. The van der Waals surface area contributed by atoms with Gasteiger partial charge in [0.2, 0.25) is 5.91 Å². The van der Waals surface area contributed by atoms with Crippen molar-refractivity contribution in [2.45, 2.75) is 32.4 Å². The Hall–Kier alpha value is -3.26. The Bertz CT molecular complexity index is 1200. The lowest BCUT2D eigenvalue weighted by molar-refractivity contribution is -0.136. The first kappa shape index (κ1) is 20.6. The van der Waals surface area contributed by atoms with Crippen LogP contribution in [0.15, 0.2) is 36.5 Å². The number of morpholine rings is 1. The minimum atomic E-state index is -0.407. The number of carbonyl (C=O) groups is 2. The lowest BCUT2D eigenvalue weighted by Gasteiger charge is -2.26. The van der Waals surface area contributed by atoms with Gasteiger partial charge in [-0.15, -0.1) is 0 Å². The third-order valence-electron chi connectivity index (χ3n) is 6.12. The lowest BCUT2D eigenvalue weighted by atomic mass is 9.96. The smallest absolute Gasteiger partial charge is 0.251 e. The second kappa shape index (κ2) is 8.35. The van der Waals surface area contributed by atoms with Crippen molar-refractivity contribution in [1.82, 2.24) is 20.0 Å². The largest absolute Gasteiger partial charge is 0.378 e. The second-order valence-corrected chi connectivity index (χ2v) is 8.45. The predicted molar refractivity (Wildman–Crippen MR) is 118 cm³/mol. The summed E-state index contributed by atoms with van der Waals surface area (Å²) in [6, 6.07) is 8.93. The summed E-state index contributed by atoms with van der Waals surface area (Å²) in [5.41, 5.74) is 3.11. The molecule has 1 aromatic heterocycles. The average molecular weight is 436 g/mol. The molecule has 2 fully saturated rings. The highest BCUT2D eigenvalue weighted by atomic mass is 19.1. The molecule has 0 radical (unpaired) electrons. The van der Waals surface area contributed by atoms with Crippen LogP contribution in [-0.2, 0) is 16.1 Å². The molecular formula is C24H25FN4O3. The number of fused-ring (bicyclic) bond motifs is 1. The van der Waals surface area contributed by atoms with Gasteiger partial charge in [-0.2, -0.15) is 5.10 Å². The highest BCUT2D eigenvalue weighted by Gasteiger charge is 2.25. The van der Waals surface area contributed by atoms with Crippen LogP contribution in [0.3, 0.4) is 0 Å². The van der Waals surface area contributed by atoms with Crippen LogP contribution in [0.4, 0.5) is 4.39 Å². The predicted octanol–water partition coefficient (Wildman–Crippen LogP) is 2.90. The van der Waals surface area contributed by atoms with Crippen molar-refractivity contribution < 1.29 is 18.7 Å². The van der Waals surface area contributed by atoms with Gasteiger partial charge in [-0.3, -0.25) is 14.3 Å². The van der Waals surface area contributed by atoms with E-state index in [-0.39, 0.29) is 24.4 Å². The lowest BCUT2D eigenvalue weighted by Crippen LogP contribution is -2.42. The fraction of sp³-hybridized carbons (Fsp3) is 0.375. The number of carbonyl (C=O) groups excluding carboxylic acids is 2. The number of benzene rings is 2. The number of nitrogens with one attached hydrogen (secondary N) is 1. The van der Waals surface area contributed by atoms with Gasteiger partial charge < -0.3 is 15.0 Å². The molecule has 3 aromatic rings. The minimum Gasteiger partial charge on any atom is -0.378 e. The molecule has 1 aliphatic heterocycles. The van der Waals surface area contributed by atoms with Crippen molar-refractivity contribution in [3.8, 4) is 11.1 Å².